The minimum Gasteiger partial charge on any atom is -0.385 e. The van der Waals surface area contributed by atoms with Gasteiger partial charge in [-0.05, 0) is 12.5 Å². The Morgan fingerprint density at radius 1 is 1.64 bits per heavy atom. The molecule has 1 rings (SSSR count). The Hall–Kier alpha value is -0.850. The number of nitrogens with two attached hydrogens (primary N) is 1. The zero-order chi connectivity index (χ0) is 10.2. The zero-order valence-electron chi connectivity index (χ0n) is 8.06. The number of ether oxygens (including phenoxy) is 1. The van der Waals surface area contributed by atoms with E-state index in [9.17, 15) is 0 Å². The second kappa shape index (κ2) is 6.58. The Balaban J connectivity index is 2.34. The molecule has 1 heterocycles. The number of hydrazine groups is 1. The van der Waals surface area contributed by atoms with Gasteiger partial charge in [0, 0.05) is 25.7 Å². The fraction of sp³-hybridized carbons (Fsp3) is 0.500. The van der Waals surface area contributed by atoms with E-state index < -0.39 is 0 Å². The third-order valence-corrected chi connectivity index (χ3v) is 2.52. The minimum atomic E-state index is 0.446. The van der Waals surface area contributed by atoms with Gasteiger partial charge in [-0.15, -0.1) is 11.8 Å². The summed E-state index contributed by atoms with van der Waals surface area (Å²) in [6, 6.07) is 1.86. The van der Waals surface area contributed by atoms with Gasteiger partial charge in [-0.1, -0.05) is 0 Å². The van der Waals surface area contributed by atoms with Crippen molar-refractivity contribution in [2.75, 3.05) is 24.9 Å². The number of thioether (sulfide) groups is 1. The summed E-state index contributed by atoms with van der Waals surface area (Å²) in [7, 11) is 1.70. The van der Waals surface area contributed by atoms with Gasteiger partial charge in [0.05, 0.1) is 0 Å². The molecule has 6 heteroatoms. The Bertz CT molecular complexity index is 271. The molecule has 0 amide bonds. The van der Waals surface area contributed by atoms with E-state index in [1.54, 1.807) is 25.1 Å². The van der Waals surface area contributed by atoms with E-state index >= 15 is 0 Å². The highest BCUT2D eigenvalue weighted by atomic mass is 32.2. The predicted molar refractivity (Wildman–Crippen MR) is 57.1 cm³/mol. The molecule has 0 aliphatic heterocycles. The van der Waals surface area contributed by atoms with Crippen LogP contribution < -0.4 is 11.3 Å². The maximum Gasteiger partial charge on any atom is 0.238 e. The van der Waals surface area contributed by atoms with E-state index in [1.165, 1.54) is 0 Å². The summed E-state index contributed by atoms with van der Waals surface area (Å²) in [4.78, 5) is 8.08. The molecule has 3 N–H and O–H groups in total. The van der Waals surface area contributed by atoms with Crippen LogP contribution in [0.4, 0.5) is 5.95 Å². The number of methoxy groups -OCH3 is 1. The van der Waals surface area contributed by atoms with E-state index in [-0.39, 0.29) is 0 Å². The summed E-state index contributed by atoms with van der Waals surface area (Å²) in [6.07, 6.45) is 2.69. The smallest absolute Gasteiger partial charge is 0.238 e. The standard InChI is InChI=1S/C8H14N4OS/c1-13-5-2-6-14-7-3-4-10-8(11-7)12-9/h3-4H,2,5-6,9H2,1H3,(H,10,11,12). The average Bonchev–Trinajstić information content (AvgIpc) is 2.25. The van der Waals surface area contributed by atoms with E-state index in [1.807, 2.05) is 6.07 Å². The molecule has 0 bridgehead atoms. The van der Waals surface area contributed by atoms with Crippen LogP contribution in [-0.2, 0) is 4.74 Å². The summed E-state index contributed by atoms with van der Waals surface area (Å²) < 4.78 is 4.95. The van der Waals surface area contributed by atoms with Crippen LogP contribution in [0, 0.1) is 0 Å². The summed E-state index contributed by atoms with van der Waals surface area (Å²) in [5, 5.41) is 0.920. The SMILES string of the molecule is COCCCSc1ccnc(NN)n1. The molecule has 1 aromatic rings. The van der Waals surface area contributed by atoms with Crippen molar-refractivity contribution in [1.29, 1.82) is 0 Å². The normalized spacial score (nSPS) is 10.1. The zero-order valence-corrected chi connectivity index (χ0v) is 8.88. The van der Waals surface area contributed by atoms with Crippen molar-refractivity contribution >= 4 is 17.7 Å². The number of nitrogens with one attached hydrogen (secondary N) is 1. The first-order valence-electron chi connectivity index (χ1n) is 4.28. The Morgan fingerprint density at radius 2 is 2.50 bits per heavy atom. The van der Waals surface area contributed by atoms with E-state index in [2.05, 4.69) is 15.4 Å². The van der Waals surface area contributed by atoms with Crippen molar-refractivity contribution < 1.29 is 4.74 Å². The van der Waals surface area contributed by atoms with E-state index in [4.69, 9.17) is 10.6 Å². The summed E-state index contributed by atoms with van der Waals surface area (Å²) in [5.41, 5.74) is 2.41. The average molecular weight is 214 g/mol. The first-order valence-corrected chi connectivity index (χ1v) is 5.27. The number of anilines is 1. The van der Waals surface area contributed by atoms with Crippen molar-refractivity contribution in [2.24, 2.45) is 5.84 Å². The number of hydrogen-bond donors (Lipinski definition) is 2. The molecule has 0 atom stereocenters. The molecule has 0 saturated heterocycles. The number of hydrogen-bond acceptors (Lipinski definition) is 6. The van der Waals surface area contributed by atoms with Crippen LogP contribution in [0.2, 0.25) is 0 Å². The molecule has 14 heavy (non-hydrogen) atoms. The first kappa shape index (κ1) is 11.2. The molecular weight excluding hydrogens is 200 g/mol. The van der Waals surface area contributed by atoms with Crippen molar-refractivity contribution in [3.8, 4) is 0 Å². The Morgan fingerprint density at radius 3 is 3.21 bits per heavy atom. The number of nitrogens with zero attached hydrogens (tertiary/aromatic N) is 2. The van der Waals surface area contributed by atoms with Crippen LogP contribution in [0.1, 0.15) is 6.42 Å². The lowest BCUT2D eigenvalue weighted by Gasteiger charge is -2.02. The number of aromatic nitrogens is 2. The van der Waals surface area contributed by atoms with Gasteiger partial charge in [-0.25, -0.2) is 15.8 Å². The molecule has 0 fully saturated rings. The molecular formula is C8H14N4OS. The molecule has 0 aliphatic rings. The maximum absolute atomic E-state index is 5.19. The van der Waals surface area contributed by atoms with Crippen LogP contribution in [-0.4, -0.2) is 29.4 Å². The molecule has 0 saturated carbocycles. The molecule has 0 aromatic carbocycles. The molecule has 0 spiro atoms. The van der Waals surface area contributed by atoms with E-state index in [0.29, 0.717) is 5.95 Å². The topological polar surface area (TPSA) is 73.1 Å². The lowest BCUT2D eigenvalue weighted by atomic mass is 10.5. The van der Waals surface area contributed by atoms with Gasteiger partial charge in [0.15, 0.2) is 0 Å². The van der Waals surface area contributed by atoms with Gasteiger partial charge in [0.25, 0.3) is 0 Å². The van der Waals surface area contributed by atoms with Gasteiger partial charge in [0.1, 0.15) is 5.03 Å². The first-order chi connectivity index (χ1) is 6.86. The van der Waals surface area contributed by atoms with Gasteiger partial charge in [-0.3, -0.25) is 5.43 Å². The fourth-order valence-corrected chi connectivity index (χ4v) is 1.65. The second-order valence-electron chi connectivity index (χ2n) is 2.56. The summed E-state index contributed by atoms with van der Waals surface area (Å²) >= 11 is 1.66. The fourth-order valence-electron chi connectivity index (χ4n) is 0.872. The molecule has 0 unspecified atom stereocenters. The summed E-state index contributed by atoms with van der Waals surface area (Å²) in [6.45, 7) is 0.778. The highest BCUT2D eigenvalue weighted by molar-refractivity contribution is 7.99. The molecule has 1 aromatic heterocycles. The van der Waals surface area contributed by atoms with Gasteiger partial charge in [-0.2, -0.15) is 0 Å². The lowest BCUT2D eigenvalue weighted by molar-refractivity contribution is 0.200. The predicted octanol–water partition coefficient (Wildman–Crippen LogP) is 0.891. The molecule has 78 valence electrons. The summed E-state index contributed by atoms with van der Waals surface area (Å²) in [5.74, 6) is 6.62. The van der Waals surface area contributed by atoms with Crippen LogP contribution >= 0.6 is 11.8 Å². The van der Waals surface area contributed by atoms with Crippen LogP contribution in [0.15, 0.2) is 17.3 Å². The van der Waals surface area contributed by atoms with Crippen molar-refractivity contribution in [2.45, 2.75) is 11.4 Å². The van der Waals surface area contributed by atoms with Crippen LogP contribution in [0.25, 0.3) is 0 Å². The third-order valence-electron chi connectivity index (χ3n) is 1.50. The third kappa shape index (κ3) is 3.91. The second-order valence-corrected chi connectivity index (χ2v) is 3.67. The van der Waals surface area contributed by atoms with Crippen LogP contribution in [0.3, 0.4) is 0 Å². The Labute approximate surface area is 87.4 Å². The number of rotatable bonds is 6. The number of nitrogen functional groups attached to an aromatic ring is 1. The maximum atomic E-state index is 5.19. The monoisotopic (exact) mass is 214 g/mol. The quantitative estimate of drug-likeness (QED) is 0.241. The largest absolute Gasteiger partial charge is 0.385 e. The van der Waals surface area contributed by atoms with Crippen molar-refractivity contribution in [3.63, 3.8) is 0 Å². The van der Waals surface area contributed by atoms with Crippen molar-refractivity contribution in [3.05, 3.63) is 12.3 Å². The highest BCUT2D eigenvalue weighted by Crippen LogP contribution is 2.16. The molecule has 0 aliphatic carbocycles. The molecule has 0 radical (unpaired) electrons. The lowest BCUT2D eigenvalue weighted by Crippen LogP contribution is -2.10. The molecule has 5 nitrogen and oxygen atoms in total. The van der Waals surface area contributed by atoms with Gasteiger partial charge < -0.3 is 4.74 Å². The highest BCUT2D eigenvalue weighted by Gasteiger charge is 1.97. The minimum absolute atomic E-state index is 0.446. The van der Waals surface area contributed by atoms with E-state index in [0.717, 1.165) is 23.8 Å². The van der Waals surface area contributed by atoms with Gasteiger partial charge >= 0.3 is 0 Å². The van der Waals surface area contributed by atoms with Crippen LogP contribution in [0.5, 0.6) is 0 Å². The van der Waals surface area contributed by atoms with Crippen molar-refractivity contribution in [1.82, 2.24) is 9.97 Å². The Kier molecular flexibility index (Phi) is 5.28. The van der Waals surface area contributed by atoms with Gasteiger partial charge in [0.2, 0.25) is 5.95 Å².